The van der Waals surface area contributed by atoms with Crippen molar-refractivity contribution in [2.24, 2.45) is 0 Å². The van der Waals surface area contributed by atoms with Gasteiger partial charge in [-0.05, 0) is 24.3 Å². The molecule has 0 aliphatic heterocycles. The van der Waals surface area contributed by atoms with Gasteiger partial charge < -0.3 is 14.8 Å². The van der Waals surface area contributed by atoms with E-state index in [1.165, 1.54) is 18.4 Å². The summed E-state index contributed by atoms with van der Waals surface area (Å²) in [6.45, 7) is 0. The number of hydrogen-bond acceptors (Lipinski definition) is 6. The molecule has 2 N–H and O–H groups in total. The van der Waals surface area contributed by atoms with Crippen molar-refractivity contribution in [1.29, 1.82) is 0 Å². The van der Waals surface area contributed by atoms with Crippen LogP contribution in [0.2, 0.25) is 0 Å². The van der Waals surface area contributed by atoms with E-state index in [0.717, 1.165) is 0 Å². The lowest BCUT2D eigenvalue weighted by Gasteiger charge is -2.10. The zero-order valence-corrected chi connectivity index (χ0v) is 16.2. The Bertz CT molecular complexity index is 973. The van der Waals surface area contributed by atoms with Gasteiger partial charge in [-0.2, -0.15) is 0 Å². The Labute approximate surface area is 166 Å². The third kappa shape index (κ3) is 4.86. The number of rotatable bonds is 7. The van der Waals surface area contributed by atoms with Gasteiger partial charge in [-0.15, -0.1) is 11.3 Å². The molecule has 8 heteroatoms. The van der Waals surface area contributed by atoms with Gasteiger partial charge in [0.2, 0.25) is 5.91 Å². The van der Waals surface area contributed by atoms with Gasteiger partial charge in [0.05, 0.1) is 26.3 Å². The number of carbonyl (C=O) groups is 2. The van der Waals surface area contributed by atoms with Crippen LogP contribution in [0, 0.1) is 0 Å². The van der Waals surface area contributed by atoms with Crippen LogP contribution in [0.4, 0.5) is 10.8 Å². The molecule has 7 nitrogen and oxygen atoms in total. The van der Waals surface area contributed by atoms with Crippen molar-refractivity contribution in [2.45, 2.75) is 6.42 Å². The molecule has 1 aromatic heterocycles. The van der Waals surface area contributed by atoms with Crippen LogP contribution in [0.5, 0.6) is 11.5 Å². The lowest BCUT2D eigenvalue weighted by atomic mass is 10.2. The molecule has 0 aliphatic rings. The molecule has 2 amide bonds. The minimum absolute atomic E-state index is 0.0893. The average Bonchev–Trinajstić information content (AvgIpc) is 3.14. The van der Waals surface area contributed by atoms with Gasteiger partial charge in [-0.3, -0.25) is 14.9 Å². The SMILES string of the molecule is COc1ccc(NC(=O)Cc2csc(NC(=O)c3ccccc3)n2)cc1OC. The van der Waals surface area contributed by atoms with Crippen molar-refractivity contribution in [3.05, 3.63) is 65.2 Å². The molecule has 28 heavy (non-hydrogen) atoms. The Morgan fingerprint density at radius 2 is 1.75 bits per heavy atom. The molecule has 1 heterocycles. The normalized spacial score (nSPS) is 10.2. The number of nitrogens with zero attached hydrogens (tertiary/aromatic N) is 1. The number of hydrogen-bond donors (Lipinski definition) is 2. The van der Waals surface area contributed by atoms with Crippen LogP contribution >= 0.6 is 11.3 Å². The Kier molecular flexibility index (Phi) is 6.23. The van der Waals surface area contributed by atoms with E-state index < -0.39 is 0 Å². The Morgan fingerprint density at radius 3 is 2.46 bits per heavy atom. The highest BCUT2D eigenvalue weighted by Gasteiger charge is 2.12. The van der Waals surface area contributed by atoms with E-state index in [-0.39, 0.29) is 18.2 Å². The largest absolute Gasteiger partial charge is 0.493 e. The molecule has 2 aromatic carbocycles. The standard InChI is InChI=1S/C20H19N3O4S/c1-26-16-9-8-14(10-17(16)27-2)21-18(24)11-15-12-28-20(22-15)23-19(25)13-6-4-3-5-7-13/h3-10,12H,11H2,1-2H3,(H,21,24)(H,22,23,25). The Balaban J connectivity index is 1.59. The number of aromatic nitrogens is 1. The highest BCUT2D eigenvalue weighted by molar-refractivity contribution is 7.14. The van der Waals surface area contributed by atoms with Crippen LogP contribution in [0.25, 0.3) is 0 Å². The fourth-order valence-corrected chi connectivity index (χ4v) is 3.19. The van der Waals surface area contributed by atoms with Crippen LogP contribution in [0.3, 0.4) is 0 Å². The summed E-state index contributed by atoms with van der Waals surface area (Å²) in [5, 5.41) is 7.72. The van der Waals surface area contributed by atoms with E-state index in [2.05, 4.69) is 15.6 Å². The number of benzene rings is 2. The molecule has 0 radical (unpaired) electrons. The van der Waals surface area contributed by atoms with Crippen LogP contribution in [-0.4, -0.2) is 31.0 Å². The molecular weight excluding hydrogens is 378 g/mol. The van der Waals surface area contributed by atoms with Crippen molar-refractivity contribution in [2.75, 3.05) is 24.9 Å². The van der Waals surface area contributed by atoms with E-state index in [0.29, 0.717) is 33.6 Å². The first-order valence-electron chi connectivity index (χ1n) is 8.41. The van der Waals surface area contributed by atoms with Gasteiger partial charge in [-0.25, -0.2) is 4.98 Å². The van der Waals surface area contributed by atoms with Gasteiger partial charge >= 0.3 is 0 Å². The van der Waals surface area contributed by atoms with Gasteiger partial charge in [0, 0.05) is 22.7 Å². The van der Waals surface area contributed by atoms with Crippen molar-refractivity contribution in [1.82, 2.24) is 4.98 Å². The maximum absolute atomic E-state index is 12.3. The number of amides is 2. The lowest BCUT2D eigenvalue weighted by molar-refractivity contribution is -0.115. The summed E-state index contributed by atoms with van der Waals surface area (Å²) in [6.07, 6.45) is 0.0893. The van der Waals surface area contributed by atoms with Crippen molar-refractivity contribution in [3.8, 4) is 11.5 Å². The fraction of sp³-hybridized carbons (Fsp3) is 0.150. The average molecular weight is 397 g/mol. The molecule has 0 fully saturated rings. The second kappa shape index (κ2) is 9.01. The lowest BCUT2D eigenvalue weighted by Crippen LogP contribution is -2.15. The maximum Gasteiger partial charge on any atom is 0.257 e. The summed E-state index contributed by atoms with van der Waals surface area (Å²) < 4.78 is 10.4. The van der Waals surface area contributed by atoms with Crippen LogP contribution in [0.15, 0.2) is 53.9 Å². The van der Waals surface area contributed by atoms with E-state index >= 15 is 0 Å². The molecule has 3 rings (SSSR count). The summed E-state index contributed by atoms with van der Waals surface area (Å²) in [7, 11) is 3.08. The monoisotopic (exact) mass is 397 g/mol. The van der Waals surface area contributed by atoms with Crippen molar-refractivity contribution >= 4 is 34.0 Å². The zero-order valence-electron chi connectivity index (χ0n) is 15.4. The maximum atomic E-state index is 12.3. The van der Waals surface area contributed by atoms with Crippen molar-refractivity contribution in [3.63, 3.8) is 0 Å². The number of carbonyl (C=O) groups excluding carboxylic acids is 2. The van der Waals surface area contributed by atoms with E-state index in [1.807, 2.05) is 6.07 Å². The van der Waals surface area contributed by atoms with E-state index in [1.54, 1.807) is 55.0 Å². The number of methoxy groups -OCH3 is 2. The summed E-state index contributed by atoms with van der Waals surface area (Å²) in [4.78, 5) is 28.7. The Morgan fingerprint density at radius 1 is 1.00 bits per heavy atom. The van der Waals surface area contributed by atoms with Crippen LogP contribution in [-0.2, 0) is 11.2 Å². The van der Waals surface area contributed by atoms with Gasteiger partial charge in [0.25, 0.3) is 5.91 Å². The number of thiazole rings is 1. The second-order valence-corrected chi connectivity index (χ2v) is 6.62. The zero-order chi connectivity index (χ0) is 19.9. The fourth-order valence-electron chi connectivity index (χ4n) is 2.49. The third-order valence-electron chi connectivity index (χ3n) is 3.82. The quantitative estimate of drug-likeness (QED) is 0.636. The van der Waals surface area contributed by atoms with E-state index in [9.17, 15) is 9.59 Å². The molecule has 0 spiro atoms. The Hall–Kier alpha value is -3.39. The van der Waals surface area contributed by atoms with Gasteiger partial charge in [0.1, 0.15) is 0 Å². The highest BCUT2D eigenvalue weighted by Crippen LogP contribution is 2.29. The molecule has 0 aliphatic carbocycles. The molecule has 0 bridgehead atoms. The highest BCUT2D eigenvalue weighted by atomic mass is 32.1. The van der Waals surface area contributed by atoms with E-state index in [4.69, 9.17) is 9.47 Å². The smallest absolute Gasteiger partial charge is 0.257 e. The summed E-state index contributed by atoms with van der Waals surface area (Å²) in [5.74, 6) is 0.647. The summed E-state index contributed by atoms with van der Waals surface area (Å²) in [6, 6.07) is 14.0. The number of ether oxygens (including phenoxy) is 2. The summed E-state index contributed by atoms with van der Waals surface area (Å²) in [5.41, 5.74) is 1.72. The molecular formula is C20H19N3O4S. The second-order valence-electron chi connectivity index (χ2n) is 5.76. The molecule has 0 saturated carbocycles. The first-order valence-corrected chi connectivity index (χ1v) is 9.29. The first-order chi connectivity index (χ1) is 13.6. The first kappa shape index (κ1) is 19.4. The minimum Gasteiger partial charge on any atom is -0.493 e. The number of anilines is 2. The molecule has 144 valence electrons. The van der Waals surface area contributed by atoms with Crippen LogP contribution < -0.4 is 20.1 Å². The molecule has 0 unspecified atom stereocenters. The van der Waals surface area contributed by atoms with Crippen LogP contribution in [0.1, 0.15) is 16.1 Å². The predicted octanol–water partition coefficient (Wildman–Crippen LogP) is 3.59. The van der Waals surface area contributed by atoms with Crippen molar-refractivity contribution < 1.29 is 19.1 Å². The predicted molar refractivity (Wildman–Crippen MR) is 108 cm³/mol. The topological polar surface area (TPSA) is 89.6 Å². The molecule has 0 saturated heterocycles. The van der Waals surface area contributed by atoms with Gasteiger partial charge in [-0.1, -0.05) is 18.2 Å². The molecule has 0 atom stereocenters. The molecule has 3 aromatic rings. The summed E-state index contributed by atoms with van der Waals surface area (Å²) >= 11 is 1.27. The number of nitrogens with one attached hydrogen (secondary N) is 2. The third-order valence-corrected chi connectivity index (χ3v) is 4.62. The van der Waals surface area contributed by atoms with Gasteiger partial charge in [0.15, 0.2) is 16.6 Å². The minimum atomic E-state index is -0.240.